The van der Waals surface area contributed by atoms with Crippen molar-refractivity contribution >= 4 is 17.5 Å². The predicted molar refractivity (Wildman–Crippen MR) is 83.2 cm³/mol. The average Bonchev–Trinajstić information content (AvgIpc) is 2.46. The molecule has 0 saturated heterocycles. The number of hydrogen-bond acceptors (Lipinski definition) is 1. The van der Waals surface area contributed by atoms with Gasteiger partial charge in [0, 0.05) is 5.02 Å². The van der Waals surface area contributed by atoms with E-state index in [0.717, 1.165) is 17.7 Å². The zero-order valence-electron chi connectivity index (χ0n) is 12.3. The van der Waals surface area contributed by atoms with E-state index in [9.17, 15) is 18.0 Å². The van der Waals surface area contributed by atoms with Gasteiger partial charge in [0.2, 0.25) is 5.91 Å². The molecule has 0 unspecified atom stereocenters. The van der Waals surface area contributed by atoms with Gasteiger partial charge in [0.05, 0.1) is 18.0 Å². The monoisotopic (exact) mass is 341 g/mol. The molecule has 2 aromatic carbocycles. The summed E-state index contributed by atoms with van der Waals surface area (Å²) in [5, 5.41) is 3.27. The lowest BCUT2D eigenvalue weighted by molar-refractivity contribution is -0.137. The molecule has 0 radical (unpaired) electrons. The van der Waals surface area contributed by atoms with Crippen LogP contribution < -0.4 is 5.32 Å². The fourth-order valence-electron chi connectivity index (χ4n) is 2.24. The fraction of sp³-hybridized carbons (Fsp3) is 0.235. The zero-order valence-corrected chi connectivity index (χ0v) is 13.1. The maximum Gasteiger partial charge on any atom is 0.416 e. The van der Waals surface area contributed by atoms with Crippen LogP contribution in [0.1, 0.15) is 29.7 Å². The number of hydrogen-bond donors (Lipinski definition) is 1. The molecule has 0 heterocycles. The maximum absolute atomic E-state index is 12.7. The summed E-state index contributed by atoms with van der Waals surface area (Å²) < 4.78 is 38.0. The fourth-order valence-corrected chi connectivity index (χ4v) is 2.54. The van der Waals surface area contributed by atoms with E-state index in [2.05, 4.69) is 5.32 Å². The molecule has 0 aliphatic carbocycles. The Kier molecular flexibility index (Phi) is 5.31. The number of alkyl halides is 3. The van der Waals surface area contributed by atoms with Crippen molar-refractivity contribution in [2.75, 3.05) is 0 Å². The van der Waals surface area contributed by atoms with Gasteiger partial charge in [-0.3, -0.25) is 4.79 Å². The first-order valence-electron chi connectivity index (χ1n) is 6.97. The van der Waals surface area contributed by atoms with Crippen LogP contribution in [0.25, 0.3) is 0 Å². The van der Waals surface area contributed by atoms with Gasteiger partial charge in [0.15, 0.2) is 0 Å². The summed E-state index contributed by atoms with van der Waals surface area (Å²) in [6, 6.07) is 11.5. The molecule has 0 spiro atoms. The predicted octanol–water partition coefficient (Wildman–Crippen LogP) is 4.78. The first-order chi connectivity index (χ1) is 10.8. The van der Waals surface area contributed by atoms with E-state index in [4.69, 9.17) is 11.6 Å². The van der Waals surface area contributed by atoms with Gasteiger partial charge in [-0.2, -0.15) is 13.2 Å². The van der Waals surface area contributed by atoms with E-state index < -0.39 is 11.7 Å². The van der Waals surface area contributed by atoms with Crippen LogP contribution in [0.4, 0.5) is 13.2 Å². The molecule has 2 nitrogen and oxygen atoms in total. The topological polar surface area (TPSA) is 29.1 Å². The van der Waals surface area contributed by atoms with E-state index in [1.165, 1.54) is 12.1 Å². The molecule has 1 N–H and O–H groups in total. The van der Waals surface area contributed by atoms with Crippen LogP contribution in [0.5, 0.6) is 0 Å². The summed E-state index contributed by atoms with van der Waals surface area (Å²) >= 11 is 6.06. The molecule has 23 heavy (non-hydrogen) atoms. The number of nitrogens with one attached hydrogen (secondary N) is 1. The number of halogens is 4. The molecular formula is C17H15ClF3NO. The minimum atomic E-state index is -4.42. The first-order valence-corrected chi connectivity index (χ1v) is 7.35. The lowest BCUT2D eigenvalue weighted by Gasteiger charge is -2.16. The lowest BCUT2D eigenvalue weighted by Crippen LogP contribution is -2.28. The summed E-state index contributed by atoms with van der Waals surface area (Å²) in [5.41, 5.74) is 0.303. The van der Waals surface area contributed by atoms with Gasteiger partial charge < -0.3 is 5.32 Å². The molecule has 0 bridgehead atoms. The van der Waals surface area contributed by atoms with Gasteiger partial charge in [-0.25, -0.2) is 0 Å². The van der Waals surface area contributed by atoms with Gasteiger partial charge in [0.1, 0.15) is 0 Å². The Balaban J connectivity index is 2.04. The summed E-state index contributed by atoms with van der Waals surface area (Å²) in [4.78, 5) is 12.0. The quantitative estimate of drug-likeness (QED) is 0.852. The first kappa shape index (κ1) is 17.3. The highest BCUT2D eigenvalue weighted by Gasteiger charge is 2.30. The van der Waals surface area contributed by atoms with Crippen LogP contribution in [0.2, 0.25) is 5.02 Å². The molecule has 0 saturated carbocycles. The van der Waals surface area contributed by atoms with E-state index in [1.54, 1.807) is 31.2 Å². The number of rotatable bonds is 4. The normalized spacial score (nSPS) is 12.7. The van der Waals surface area contributed by atoms with Crippen molar-refractivity contribution < 1.29 is 18.0 Å². The van der Waals surface area contributed by atoms with Gasteiger partial charge in [0.25, 0.3) is 0 Å². The van der Waals surface area contributed by atoms with Crippen LogP contribution in [0.3, 0.4) is 0 Å². The van der Waals surface area contributed by atoms with Crippen LogP contribution in [-0.4, -0.2) is 5.91 Å². The highest BCUT2D eigenvalue weighted by atomic mass is 35.5. The Hall–Kier alpha value is -2.01. The molecule has 122 valence electrons. The van der Waals surface area contributed by atoms with Gasteiger partial charge in [-0.1, -0.05) is 48.0 Å². The molecule has 0 aliphatic rings. The zero-order chi connectivity index (χ0) is 17.0. The lowest BCUT2D eigenvalue weighted by atomic mass is 10.1. The van der Waals surface area contributed by atoms with Crippen molar-refractivity contribution in [1.82, 2.24) is 5.32 Å². The molecule has 2 aromatic rings. The summed E-state index contributed by atoms with van der Waals surface area (Å²) in [6.07, 6.45) is -4.55. The minimum Gasteiger partial charge on any atom is -0.349 e. The van der Waals surface area contributed by atoms with Crippen molar-refractivity contribution in [3.63, 3.8) is 0 Å². The SMILES string of the molecule is C[C@H](NC(=O)Cc1cccc(C(F)(F)F)c1)c1ccccc1Cl. The second kappa shape index (κ2) is 7.04. The highest BCUT2D eigenvalue weighted by molar-refractivity contribution is 6.31. The third kappa shape index (κ3) is 4.73. The smallest absolute Gasteiger partial charge is 0.349 e. The molecule has 1 amide bonds. The van der Waals surface area contributed by atoms with Crippen LogP contribution in [-0.2, 0) is 17.4 Å². The molecule has 0 aromatic heterocycles. The second-order valence-electron chi connectivity index (χ2n) is 5.19. The highest BCUT2D eigenvalue weighted by Crippen LogP contribution is 2.29. The van der Waals surface area contributed by atoms with Crippen LogP contribution in [0.15, 0.2) is 48.5 Å². The molecule has 2 rings (SSSR count). The van der Waals surface area contributed by atoms with Crippen LogP contribution in [0, 0.1) is 0 Å². The molecular weight excluding hydrogens is 327 g/mol. The third-order valence-corrected chi connectivity index (χ3v) is 3.71. The van der Waals surface area contributed by atoms with E-state index in [0.29, 0.717) is 10.6 Å². The van der Waals surface area contributed by atoms with Gasteiger partial charge in [-0.05, 0) is 30.2 Å². The molecule has 6 heteroatoms. The van der Waals surface area contributed by atoms with E-state index in [-0.39, 0.29) is 18.4 Å². The number of amides is 1. The second-order valence-corrected chi connectivity index (χ2v) is 5.59. The van der Waals surface area contributed by atoms with Crippen molar-refractivity contribution in [3.8, 4) is 0 Å². The standard InChI is InChI=1S/C17H15ClF3NO/c1-11(14-7-2-3-8-15(14)18)22-16(23)10-12-5-4-6-13(9-12)17(19,20)21/h2-9,11H,10H2,1H3,(H,22,23)/t11-/m0/s1. The minimum absolute atomic E-state index is 0.126. The van der Waals surface area contributed by atoms with Gasteiger partial charge in [-0.15, -0.1) is 0 Å². The number of benzene rings is 2. The summed E-state index contributed by atoms with van der Waals surface area (Å²) in [6.45, 7) is 1.77. The Labute approximate surface area is 137 Å². The maximum atomic E-state index is 12.7. The molecule has 0 fully saturated rings. The van der Waals surface area contributed by atoms with Crippen molar-refractivity contribution in [2.24, 2.45) is 0 Å². The molecule has 0 aliphatic heterocycles. The van der Waals surface area contributed by atoms with Crippen molar-refractivity contribution in [3.05, 3.63) is 70.2 Å². The van der Waals surface area contributed by atoms with Gasteiger partial charge >= 0.3 is 6.18 Å². The third-order valence-electron chi connectivity index (χ3n) is 3.37. The van der Waals surface area contributed by atoms with Crippen LogP contribution >= 0.6 is 11.6 Å². The van der Waals surface area contributed by atoms with E-state index in [1.807, 2.05) is 0 Å². The Morgan fingerprint density at radius 1 is 1.17 bits per heavy atom. The Morgan fingerprint density at radius 2 is 1.87 bits per heavy atom. The summed E-state index contributed by atoms with van der Waals surface area (Å²) in [5.74, 6) is -0.364. The largest absolute Gasteiger partial charge is 0.416 e. The van der Waals surface area contributed by atoms with Crippen molar-refractivity contribution in [1.29, 1.82) is 0 Å². The summed E-state index contributed by atoms with van der Waals surface area (Å²) in [7, 11) is 0. The average molecular weight is 342 g/mol. The Bertz CT molecular complexity index is 700. The van der Waals surface area contributed by atoms with Crippen molar-refractivity contribution in [2.45, 2.75) is 25.6 Å². The number of carbonyl (C=O) groups excluding carboxylic acids is 1. The number of carbonyl (C=O) groups is 1. The molecule has 1 atom stereocenters. The van der Waals surface area contributed by atoms with E-state index >= 15 is 0 Å². The Morgan fingerprint density at radius 3 is 2.52 bits per heavy atom.